The van der Waals surface area contributed by atoms with Crippen LogP contribution in [0.5, 0.6) is 0 Å². The maximum absolute atomic E-state index is 9.88. The van der Waals surface area contributed by atoms with Crippen LogP contribution in [-0.2, 0) is 0 Å². The maximum Gasteiger partial charge on any atom is 0.0785 e. The first-order valence-corrected chi connectivity index (χ1v) is 4.91. The van der Waals surface area contributed by atoms with Crippen LogP contribution >= 0.6 is 0 Å². The van der Waals surface area contributed by atoms with Gasteiger partial charge in [0.2, 0.25) is 0 Å². The highest BCUT2D eigenvalue weighted by molar-refractivity contribution is 4.89. The van der Waals surface area contributed by atoms with E-state index in [2.05, 4.69) is 20.8 Å². The van der Waals surface area contributed by atoms with Gasteiger partial charge >= 0.3 is 0 Å². The predicted octanol–water partition coefficient (Wildman–Crippen LogP) is 3.17. The van der Waals surface area contributed by atoms with Crippen molar-refractivity contribution in [2.75, 3.05) is 7.18 Å². The van der Waals surface area contributed by atoms with Crippen molar-refractivity contribution in [3.63, 3.8) is 0 Å². The SMILES string of the molecule is CC1CC(C)(C)CC(C)(O)C1.CF. The van der Waals surface area contributed by atoms with Gasteiger partial charge in [-0.05, 0) is 37.5 Å². The summed E-state index contributed by atoms with van der Waals surface area (Å²) in [4.78, 5) is 0. The fraction of sp³-hybridized carbons (Fsp3) is 1.00. The van der Waals surface area contributed by atoms with Gasteiger partial charge in [0, 0.05) is 0 Å². The molecule has 1 aliphatic carbocycles. The van der Waals surface area contributed by atoms with Crippen LogP contribution in [0.3, 0.4) is 0 Å². The van der Waals surface area contributed by atoms with Crippen molar-refractivity contribution in [2.24, 2.45) is 11.3 Å². The Hall–Kier alpha value is -0.110. The molecule has 0 saturated heterocycles. The molecule has 1 rings (SSSR count). The number of hydrogen-bond acceptors (Lipinski definition) is 1. The zero-order chi connectivity index (χ0) is 10.7. The molecule has 0 heterocycles. The molecule has 0 bridgehead atoms. The second-order valence-electron chi connectivity index (χ2n) is 5.35. The molecule has 1 nitrogen and oxygen atoms in total. The van der Waals surface area contributed by atoms with Gasteiger partial charge in [0.05, 0.1) is 12.8 Å². The third-order valence-electron chi connectivity index (χ3n) is 2.55. The Balaban J connectivity index is 0.000000671. The minimum atomic E-state index is -0.416. The molecule has 0 radical (unpaired) electrons. The Kier molecular flexibility index (Phi) is 4.37. The number of halogens is 1. The summed E-state index contributed by atoms with van der Waals surface area (Å²) in [6.07, 6.45) is 3.17. The average Bonchev–Trinajstić information content (AvgIpc) is 1.82. The fourth-order valence-corrected chi connectivity index (χ4v) is 2.94. The van der Waals surface area contributed by atoms with Crippen LogP contribution in [0.1, 0.15) is 47.0 Å². The molecule has 0 aromatic carbocycles. The minimum Gasteiger partial charge on any atom is -0.390 e. The van der Waals surface area contributed by atoms with Crippen LogP contribution in [0.25, 0.3) is 0 Å². The average molecular weight is 190 g/mol. The predicted molar refractivity (Wildman–Crippen MR) is 54.5 cm³/mol. The summed E-state index contributed by atoms with van der Waals surface area (Å²) in [5.41, 5.74) is -0.0810. The Morgan fingerprint density at radius 1 is 1.15 bits per heavy atom. The topological polar surface area (TPSA) is 20.2 Å². The summed E-state index contributed by atoms with van der Waals surface area (Å²) in [5.74, 6) is 0.675. The number of alkyl halides is 1. The van der Waals surface area contributed by atoms with E-state index < -0.39 is 5.60 Å². The maximum atomic E-state index is 9.88. The van der Waals surface area contributed by atoms with E-state index in [-0.39, 0.29) is 0 Å². The van der Waals surface area contributed by atoms with Crippen LogP contribution in [0, 0.1) is 11.3 Å². The first-order chi connectivity index (χ1) is 5.81. The smallest absolute Gasteiger partial charge is 0.0785 e. The molecule has 13 heavy (non-hydrogen) atoms. The largest absolute Gasteiger partial charge is 0.390 e. The van der Waals surface area contributed by atoms with E-state index in [1.54, 1.807) is 0 Å². The van der Waals surface area contributed by atoms with E-state index in [1.807, 2.05) is 6.92 Å². The zero-order valence-corrected chi connectivity index (χ0v) is 9.52. The van der Waals surface area contributed by atoms with Gasteiger partial charge in [0.15, 0.2) is 0 Å². The van der Waals surface area contributed by atoms with Crippen LogP contribution < -0.4 is 0 Å². The Morgan fingerprint density at radius 2 is 1.62 bits per heavy atom. The molecule has 2 atom stereocenters. The van der Waals surface area contributed by atoms with Gasteiger partial charge in [-0.25, -0.2) is 0 Å². The lowest BCUT2D eigenvalue weighted by atomic mass is 9.66. The lowest BCUT2D eigenvalue weighted by molar-refractivity contribution is -0.0435. The monoisotopic (exact) mass is 190 g/mol. The molecular formula is C11H23FO. The second-order valence-corrected chi connectivity index (χ2v) is 5.35. The fourth-order valence-electron chi connectivity index (χ4n) is 2.94. The lowest BCUT2D eigenvalue weighted by Crippen LogP contribution is -2.39. The number of aliphatic hydroxyl groups is 1. The summed E-state index contributed by atoms with van der Waals surface area (Å²) in [7, 11) is 0.500. The van der Waals surface area contributed by atoms with Crippen molar-refractivity contribution in [2.45, 2.75) is 52.6 Å². The van der Waals surface area contributed by atoms with Gasteiger partial charge in [-0.3, -0.25) is 4.39 Å². The molecule has 1 aliphatic rings. The van der Waals surface area contributed by atoms with Gasteiger partial charge in [-0.15, -0.1) is 0 Å². The van der Waals surface area contributed by atoms with E-state index in [0.29, 0.717) is 18.5 Å². The van der Waals surface area contributed by atoms with Gasteiger partial charge in [0.25, 0.3) is 0 Å². The lowest BCUT2D eigenvalue weighted by Gasteiger charge is -2.42. The van der Waals surface area contributed by atoms with Gasteiger partial charge in [-0.2, -0.15) is 0 Å². The Labute approximate surface area is 81.3 Å². The molecule has 0 aliphatic heterocycles. The van der Waals surface area contributed by atoms with Crippen molar-refractivity contribution in [3.05, 3.63) is 0 Å². The van der Waals surface area contributed by atoms with Gasteiger partial charge < -0.3 is 5.11 Å². The van der Waals surface area contributed by atoms with E-state index in [0.717, 1.165) is 12.8 Å². The third kappa shape index (κ3) is 4.61. The van der Waals surface area contributed by atoms with Crippen molar-refractivity contribution in [3.8, 4) is 0 Å². The third-order valence-corrected chi connectivity index (χ3v) is 2.55. The van der Waals surface area contributed by atoms with Crippen molar-refractivity contribution < 1.29 is 9.50 Å². The highest BCUT2D eigenvalue weighted by atomic mass is 19.1. The Bertz CT molecular complexity index is 136. The molecule has 1 fully saturated rings. The normalized spacial score (nSPS) is 37.6. The molecule has 0 aromatic heterocycles. The van der Waals surface area contributed by atoms with E-state index >= 15 is 0 Å². The highest BCUT2D eigenvalue weighted by Crippen LogP contribution is 2.43. The molecule has 2 unspecified atom stereocenters. The van der Waals surface area contributed by atoms with Crippen LogP contribution in [0.15, 0.2) is 0 Å². The quantitative estimate of drug-likeness (QED) is 0.622. The first-order valence-electron chi connectivity index (χ1n) is 4.91. The molecule has 0 amide bonds. The summed E-state index contributed by atoms with van der Waals surface area (Å²) in [5, 5.41) is 9.88. The minimum absolute atomic E-state index is 0.334. The van der Waals surface area contributed by atoms with E-state index in [9.17, 15) is 9.50 Å². The summed E-state index contributed by atoms with van der Waals surface area (Å²) < 4.78 is 9.50. The summed E-state index contributed by atoms with van der Waals surface area (Å²) in [6, 6.07) is 0. The molecule has 1 saturated carbocycles. The molecular weight excluding hydrogens is 167 g/mol. The summed E-state index contributed by atoms with van der Waals surface area (Å²) >= 11 is 0. The number of rotatable bonds is 0. The summed E-state index contributed by atoms with van der Waals surface area (Å²) in [6.45, 7) is 8.69. The van der Waals surface area contributed by atoms with E-state index in [1.165, 1.54) is 6.42 Å². The Morgan fingerprint density at radius 3 is 1.92 bits per heavy atom. The van der Waals surface area contributed by atoms with Crippen molar-refractivity contribution in [1.29, 1.82) is 0 Å². The van der Waals surface area contributed by atoms with Crippen molar-refractivity contribution >= 4 is 0 Å². The van der Waals surface area contributed by atoms with Gasteiger partial charge in [-0.1, -0.05) is 20.8 Å². The van der Waals surface area contributed by atoms with Crippen LogP contribution in [-0.4, -0.2) is 17.9 Å². The molecule has 2 heteroatoms. The highest BCUT2D eigenvalue weighted by Gasteiger charge is 2.37. The molecule has 1 N–H and O–H groups in total. The first kappa shape index (κ1) is 12.9. The molecule has 0 aromatic rings. The zero-order valence-electron chi connectivity index (χ0n) is 9.52. The van der Waals surface area contributed by atoms with E-state index in [4.69, 9.17) is 0 Å². The standard InChI is InChI=1S/C10H20O.CH3F/c1-8-5-9(2,3)7-10(4,11)6-8;1-2/h8,11H,5-7H2,1-4H3;1H3. The molecule has 80 valence electrons. The molecule has 0 spiro atoms. The van der Waals surface area contributed by atoms with Gasteiger partial charge in [0.1, 0.15) is 0 Å². The van der Waals surface area contributed by atoms with Crippen molar-refractivity contribution in [1.82, 2.24) is 0 Å². The van der Waals surface area contributed by atoms with Crippen LogP contribution in [0.2, 0.25) is 0 Å². The second kappa shape index (κ2) is 4.41. The number of hydrogen-bond donors (Lipinski definition) is 1. The van der Waals surface area contributed by atoms with Crippen LogP contribution in [0.4, 0.5) is 4.39 Å².